The highest BCUT2D eigenvalue weighted by molar-refractivity contribution is 6.01. The molecule has 120 valence electrons. The third-order valence-corrected chi connectivity index (χ3v) is 3.81. The van der Waals surface area contributed by atoms with Gasteiger partial charge in [0.15, 0.2) is 5.82 Å². The molecule has 1 aromatic rings. The quantitative estimate of drug-likeness (QED) is 0.566. The summed E-state index contributed by atoms with van der Waals surface area (Å²) < 4.78 is 0. The van der Waals surface area contributed by atoms with Crippen LogP contribution in [0.15, 0.2) is 17.1 Å². The molecule has 1 aliphatic rings. The molecule has 0 bridgehead atoms. The Morgan fingerprint density at radius 2 is 2.41 bits per heavy atom. The first kappa shape index (κ1) is 16.2. The number of H-pyrrole nitrogens is 1. The van der Waals surface area contributed by atoms with Crippen molar-refractivity contribution in [3.05, 3.63) is 17.8 Å². The number of hydrogen-bond acceptors (Lipinski definition) is 4. The molecule has 1 unspecified atom stereocenters. The summed E-state index contributed by atoms with van der Waals surface area (Å²) in [6.07, 6.45) is 5.27. The van der Waals surface area contributed by atoms with E-state index < -0.39 is 0 Å². The highest BCUT2D eigenvalue weighted by Gasteiger charge is 2.25. The summed E-state index contributed by atoms with van der Waals surface area (Å²) in [4.78, 5) is 8.55. The van der Waals surface area contributed by atoms with Crippen molar-refractivity contribution in [2.24, 2.45) is 10.7 Å². The molecule has 1 atom stereocenters. The SMILES string of the molecule is C/C=C/c1cc(N=C(N)CC(=N)N2CCC(N(C)C)C2)n[nH]1. The van der Waals surface area contributed by atoms with Crippen molar-refractivity contribution in [1.29, 1.82) is 5.41 Å². The van der Waals surface area contributed by atoms with Gasteiger partial charge in [-0.2, -0.15) is 5.10 Å². The fourth-order valence-electron chi connectivity index (χ4n) is 2.53. The summed E-state index contributed by atoms with van der Waals surface area (Å²) in [5.41, 5.74) is 6.84. The lowest BCUT2D eigenvalue weighted by atomic mass is 10.2. The van der Waals surface area contributed by atoms with Crippen LogP contribution in [-0.2, 0) is 0 Å². The van der Waals surface area contributed by atoms with Crippen LogP contribution in [0.25, 0.3) is 6.08 Å². The summed E-state index contributed by atoms with van der Waals surface area (Å²) in [5.74, 6) is 1.48. The summed E-state index contributed by atoms with van der Waals surface area (Å²) in [7, 11) is 4.15. The number of hydrogen-bond donors (Lipinski definition) is 3. The van der Waals surface area contributed by atoms with Gasteiger partial charge >= 0.3 is 0 Å². The van der Waals surface area contributed by atoms with Gasteiger partial charge in [0.05, 0.1) is 12.1 Å². The first-order chi connectivity index (χ1) is 10.5. The van der Waals surface area contributed by atoms with E-state index in [-0.39, 0.29) is 0 Å². The zero-order chi connectivity index (χ0) is 16.1. The first-order valence-electron chi connectivity index (χ1n) is 7.49. The highest BCUT2D eigenvalue weighted by atomic mass is 15.3. The molecule has 4 N–H and O–H groups in total. The van der Waals surface area contributed by atoms with E-state index in [1.165, 1.54) is 0 Å². The maximum atomic E-state index is 8.19. The predicted molar refractivity (Wildman–Crippen MR) is 90.6 cm³/mol. The average molecular weight is 303 g/mol. The molecule has 0 radical (unpaired) electrons. The third kappa shape index (κ3) is 4.17. The Morgan fingerprint density at radius 3 is 3.05 bits per heavy atom. The fourth-order valence-corrected chi connectivity index (χ4v) is 2.53. The average Bonchev–Trinajstić information content (AvgIpc) is 3.08. The van der Waals surface area contributed by atoms with Gasteiger partial charge in [-0.05, 0) is 33.5 Å². The van der Waals surface area contributed by atoms with Crippen LogP contribution < -0.4 is 5.73 Å². The molecule has 0 saturated carbocycles. The number of allylic oxidation sites excluding steroid dienone is 1. The standard InChI is InChI=1S/C15H25N7/c1-4-5-11-8-15(20-19-11)18-13(16)9-14(17)22-7-6-12(10-22)21(2)3/h4-5,8,12,17H,6-7,9-10H2,1-3H3,(H3,16,18,19,20)/b5-4+,17-14?. The Hall–Kier alpha value is -2.15. The van der Waals surface area contributed by atoms with Crippen LogP contribution in [0.3, 0.4) is 0 Å². The zero-order valence-corrected chi connectivity index (χ0v) is 13.5. The van der Waals surface area contributed by atoms with Crippen molar-refractivity contribution < 1.29 is 0 Å². The predicted octanol–water partition coefficient (Wildman–Crippen LogP) is 1.43. The number of nitrogens with two attached hydrogens (primary N) is 1. The van der Waals surface area contributed by atoms with E-state index >= 15 is 0 Å². The minimum absolute atomic E-state index is 0.353. The summed E-state index contributed by atoms with van der Waals surface area (Å²) in [5, 5.41) is 15.1. The van der Waals surface area contributed by atoms with Crippen LogP contribution in [0.1, 0.15) is 25.5 Å². The van der Waals surface area contributed by atoms with E-state index in [1.54, 1.807) is 0 Å². The molecule has 2 rings (SSSR count). The molecule has 0 aliphatic carbocycles. The van der Waals surface area contributed by atoms with E-state index in [1.807, 2.05) is 25.1 Å². The molecular formula is C15H25N7. The van der Waals surface area contributed by atoms with Crippen LogP contribution in [0.5, 0.6) is 0 Å². The number of nitrogens with one attached hydrogen (secondary N) is 2. The number of aromatic nitrogens is 2. The van der Waals surface area contributed by atoms with Crippen molar-refractivity contribution in [3.8, 4) is 0 Å². The van der Waals surface area contributed by atoms with E-state index in [2.05, 4.69) is 39.1 Å². The van der Waals surface area contributed by atoms with Crippen LogP contribution in [0, 0.1) is 5.41 Å². The number of aromatic amines is 1. The summed E-state index contributed by atoms with van der Waals surface area (Å²) in [6.45, 7) is 3.73. The van der Waals surface area contributed by atoms with Crippen molar-refractivity contribution in [3.63, 3.8) is 0 Å². The minimum atomic E-state index is 0.353. The normalized spacial score (nSPS) is 19.5. The Kier molecular flexibility index (Phi) is 5.32. The molecule has 1 aromatic heterocycles. The van der Waals surface area contributed by atoms with Crippen LogP contribution in [0.2, 0.25) is 0 Å². The van der Waals surface area contributed by atoms with E-state index in [9.17, 15) is 0 Å². The molecule has 1 fully saturated rings. The van der Waals surface area contributed by atoms with Crippen LogP contribution in [0.4, 0.5) is 5.82 Å². The zero-order valence-electron chi connectivity index (χ0n) is 13.5. The number of aliphatic imine (C=N–C) groups is 1. The Morgan fingerprint density at radius 1 is 1.64 bits per heavy atom. The van der Waals surface area contributed by atoms with Gasteiger partial charge in [0.2, 0.25) is 0 Å². The lowest BCUT2D eigenvalue weighted by Gasteiger charge is -2.22. The number of likely N-dealkylation sites (tertiary alicyclic amines) is 1. The molecule has 7 heteroatoms. The molecule has 7 nitrogen and oxygen atoms in total. The molecule has 0 amide bonds. The van der Waals surface area contributed by atoms with E-state index in [4.69, 9.17) is 11.1 Å². The Bertz CT molecular complexity index is 570. The minimum Gasteiger partial charge on any atom is -0.387 e. The molecule has 22 heavy (non-hydrogen) atoms. The van der Waals surface area contributed by atoms with Gasteiger partial charge in [0.25, 0.3) is 0 Å². The molecule has 1 aliphatic heterocycles. The van der Waals surface area contributed by atoms with Crippen LogP contribution in [-0.4, -0.2) is 64.9 Å². The van der Waals surface area contributed by atoms with E-state index in [0.717, 1.165) is 25.2 Å². The van der Waals surface area contributed by atoms with E-state index in [0.29, 0.717) is 30.0 Å². The second kappa shape index (κ2) is 7.22. The van der Waals surface area contributed by atoms with Crippen molar-refractivity contribution >= 4 is 23.6 Å². The van der Waals surface area contributed by atoms with Crippen molar-refractivity contribution in [2.45, 2.75) is 25.8 Å². The second-order valence-corrected chi connectivity index (χ2v) is 5.76. The van der Waals surface area contributed by atoms with Crippen LogP contribution >= 0.6 is 0 Å². The Balaban J connectivity index is 1.91. The maximum absolute atomic E-state index is 8.19. The molecular weight excluding hydrogens is 278 g/mol. The summed E-state index contributed by atoms with van der Waals surface area (Å²) in [6, 6.07) is 2.34. The number of likely N-dealkylation sites (N-methyl/N-ethyl adjacent to an activating group) is 1. The molecule has 2 heterocycles. The van der Waals surface area contributed by atoms with Gasteiger partial charge < -0.3 is 15.5 Å². The largest absolute Gasteiger partial charge is 0.387 e. The van der Waals surface area contributed by atoms with Gasteiger partial charge in [0, 0.05) is 25.2 Å². The lowest BCUT2D eigenvalue weighted by Crippen LogP contribution is -2.35. The molecule has 1 saturated heterocycles. The first-order valence-corrected chi connectivity index (χ1v) is 7.49. The second-order valence-electron chi connectivity index (χ2n) is 5.76. The van der Waals surface area contributed by atoms with Gasteiger partial charge in [-0.15, -0.1) is 0 Å². The Labute approximate surface area is 131 Å². The van der Waals surface area contributed by atoms with Gasteiger partial charge in [0.1, 0.15) is 11.7 Å². The highest BCUT2D eigenvalue weighted by Crippen LogP contribution is 2.15. The van der Waals surface area contributed by atoms with Crippen molar-refractivity contribution in [1.82, 2.24) is 20.0 Å². The molecule has 0 spiro atoms. The van der Waals surface area contributed by atoms with Gasteiger partial charge in [-0.3, -0.25) is 10.5 Å². The van der Waals surface area contributed by atoms with Gasteiger partial charge in [-0.25, -0.2) is 4.99 Å². The van der Waals surface area contributed by atoms with Crippen molar-refractivity contribution in [2.75, 3.05) is 27.2 Å². The fraction of sp³-hybridized carbons (Fsp3) is 0.533. The number of nitrogens with zero attached hydrogens (tertiary/aromatic N) is 4. The smallest absolute Gasteiger partial charge is 0.175 e. The summed E-state index contributed by atoms with van der Waals surface area (Å²) >= 11 is 0. The molecule has 0 aromatic carbocycles. The third-order valence-electron chi connectivity index (χ3n) is 3.81. The topological polar surface area (TPSA) is 97.4 Å². The number of rotatable bonds is 5. The lowest BCUT2D eigenvalue weighted by molar-refractivity contribution is 0.300. The number of amidine groups is 2. The van der Waals surface area contributed by atoms with Gasteiger partial charge in [-0.1, -0.05) is 6.08 Å². The monoisotopic (exact) mass is 303 g/mol. The maximum Gasteiger partial charge on any atom is 0.175 e.